The number of hydrogen-bond donors (Lipinski definition) is 2. The van der Waals surface area contributed by atoms with Gasteiger partial charge in [-0.05, 0) is 42.8 Å². The number of carbonyl (C=O) groups is 2. The molecule has 0 radical (unpaired) electrons. The summed E-state index contributed by atoms with van der Waals surface area (Å²) in [5, 5.41) is 4.25. The zero-order valence-electron chi connectivity index (χ0n) is 16.7. The Hall–Kier alpha value is -2.63. The first kappa shape index (κ1) is 24.6. The highest BCUT2D eigenvalue weighted by Crippen LogP contribution is 2.25. The molecule has 2 aromatic carbocycles. The van der Waals surface area contributed by atoms with Crippen molar-refractivity contribution in [2.45, 2.75) is 18.0 Å². The molecule has 0 aromatic heterocycles. The van der Waals surface area contributed by atoms with Crippen molar-refractivity contribution in [2.24, 2.45) is 0 Å². The van der Waals surface area contributed by atoms with E-state index in [2.05, 4.69) is 5.32 Å². The fourth-order valence-corrected chi connectivity index (χ4v) is 3.55. The number of benzene rings is 2. The summed E-state index contributed by atoms with van der Waals surface area (Å²) < 4.78 is 62.5. The van der Waals surface area contributed by atoms with E-state index in [1.54, 1.807) is 12.2 Å². The van der Waals surface area contributed by atoms with Crippen LogP contribution in [0.1, 0.15) is 26.3 Å². The smallest absolute Gasteiger partial charge is 0.343 e. The highest BCUT2D eigenvalue weighted by atomic mass is 35.5. The summed E-state index contributed by atoms with van der Waals surface area (Å²) in [5.41, 5.74) is 0.451. The molecule has 2 aromatic rings. The lowest BCUT2D eigenvalue weighted by Gasteiger charge is -2.14. The second kappa shape index (κ2) is 9.25. The molecule has 0 aliphatic rings. The number of hydrogen-bond acceptors (Lipinski definition) is 4. The second-order valence-corrected chi connectivity index (χ2v) is 9.27. The minimum atomic E-state index is -4.56. The molecule has 0 fully saturated rings. The summed E-state index contributed by atoms with van der Waals surface area (Å²) >= 11 is 6.05. The number of sulfonamides is 1. The molecule has 0 saturated carbocycles. The summed E-state index contributed by atoms with van der Waals surface area (Å²) in [6.45, 7) is 0.117. The van der Waals surface area contributed by atoms with Crippen molar-refractivity contribution in [1.29, 1.82) is 0 Å². The third-order valence-electron chi connectivity index (χ3n) is 4.16. The number of aryl methyl sites for hydroxylation is 1. The van der Waals surface area contributed by atoms with Gasteiger partial charge in [0.15, 0.2) is 0 Å². The van der Waals surface area contributed by atoms with E-state index in [9.17, 15) is 31.2 Å². The Bertz CT molecular complexity index is 1120. The summed E-state index contributed by atoms with van der Waals surface area (Å²) in [4.78, 5) is 24.5. The van der Waals surface area contributed by atoms with Crippen LogP contribution in [0.2, 0.25) is 5.02 Å². The number of nitrogens with one attached hydrogen (secondary N) is 2. The maximum atomic E-state index is 12.7. The number of halogens is 4. The molecule has 0 atom stereocenters. The maximum absolute atomic E-state index is 12.7. The zero-order valence-corrected chi connectivity index (χ0v) is 18.2. The van der Waals surface area contributed by atoms with Crippen LogP contribution in [0.5, 0.6) is 0 Å². The Balaban J connectivity index is 2.31. The fraction of sp³-hybridized carbons (Fsp3) is 0.263. The molecule has 7 nitrogen and oxygen atoms in total. The SMILES string of the molecule is Cc1ccc(C(=O)NCC(F)(F)F)cc1NC(=O)c1cc(S(=O)(=O)N(C)C)ccc1Cl. The van der Waals surface area contributed by atoms with Crippen molar-refractivity contribution in [2.75, 3.05) is 26.0 Å². The largest absolute Gasteiger partial charge is 0.405 e. The van der Waals surface area contributed by atoms with Crippen molar-refractivity contribution in [3.05, 3.63) is 58.1 Å². The van der Waals surface area contributed by atoms with E-state index >= 15 is 0 Å². The summed E-state index contributed by atoms with van der Waals surface area (Å²) in [7, 11) is -1.15. The Kier molecular flexibility index (Phi) is 7.35. The highest BCUT2D eigenvalue weighted by Gasteiger charge is 2.28. The summed E-state index contributed by atoms with van der Waals surface area (Å²) in [6.07, 6.45) is -4.56. The van der Waals surface area contributed by atoms with Gasteiger partial charge in [-0.3, -0.25) is 9.59 Å². The second-order valence-electron chi connectivity index (χ2n) is 6.71. The van der Waals surface area contributed by atoms with Gasteiger partial charge in [0, 0.05) is 25.3 Å². The summed E-state index contributed by atoms with van der Waals surface area (Å²) in [6, 6.07) is 7.61. The van der Waals surface area contributed by atoms with E-state index in [0.717, 1.165) is 10.4 Å². The molecule has 0 aliphatic carbocycles. The van der Waals surface area contributed by atoms with Crippen LogP contribution in [-0.4, -0.2) is 51.4 Å². The van der Waals surface area contributed by atoms with Crippen molar-refractivity contribution in [3.8, 4) is 0 Å². The van der Waals surface area contributed by atoms with Gasteiger partial charge < -0.3 is 10.6 Å². The molecular weight excluding hydrogens is 459 g/mol. The van der Waals surface area contributed by atoms with Crippen molar-refractivity contribution < 1.29 is 31.2 Å². The average Bonchev–Trinajstić information content (AvgIpc) is 2.67. The van der Waals surface area contributed by atoms with Crippen LogP contribution in [0.4, 0.5) is 18.9 Å². The van der Waals surface area contributed by atoms with E-state index in [0.29, 0.717) is 5.56 Å². The Morgan fingerprint density at radius 2 is 1.71 bits per heavy atom. The predicted octanol–water partition coefficient (Wildman–Crippen LogP) is 3.44. The van der Waals surface area contributed by atoms with Crippen LogP contribution in [-0.2, 0) is 10.0 Å². The lowest BCUT2D eigenvalue weighted by Crippen LogP contribution is -2.33. The minimum absolute atomic E-state index is 0.00747. The number of amides is 2. The van der Waals surface area contributed by atoms with E-state index in [4.69, 9.17) is 11.6 Å². The standard InChI is InChI=1S/C19H19ClF3N3O4S/c1-11-4-5-12(17(27)24-10-19(21,22)23)8-16(11)25-18(28)14-9-13(6-7-15(14)20)31(29,30)26(2)3/h4-9H,10H2,1-3H3,(H,24,27)(H,25,28). The first-order valence-electron chi connectivity index (χ1n) is 8.71. The minimum Gasteiger partial charge on any atom is -0.343 e. The number of alkyl halides is 3. The van der Waals surface area contributed by atoms with Gasteiger partial charge in [-0.25, -0.2) is 12.7 Å². The van der Waals surface area contributed by atoms with E-state index < -0.39 is 34.6 Å². The summed E-state index contributed by atoms with van der Waals surface area (Å²) in [5.74, 6) is -1.72. The normalized spacial score (nSPS) is 12.0. The molecule has 2 N–H and O–H groups in total. The lowest BCUT2D eigenvalue weighted by atomic mass is 10.1. The van der Waals surface area contributed by atoms with E-state index in [1.165, 1.54) is 44.4 Å². The number of rotatable bonds is 6. The number of carbonyl (C=O) groups excluding carboxylic acids is 2. The monoisotopic (exact) mass is 477 g/mol. The third-order valence-corrected chi connectivity index (χ3v) is 6.30. The van der Waals surface area contributed by atoms with Crippen LogP contribution < -0.4 is 10.6 Å². The molecule has 0 spiro atoms. The van der Waals surface area contributed by atoms with Gasteiger partial charge in [0.25, 0.3) is 11.8 Å². The van der Waals surface area contributed by atoms with Crippen LogP contribution in [0, 0.1) is 6.92 Å². The molecule has 0 saturated heterocycles. The molecular formula is C19H19ClF3N3O4S. The molecule has 0 bridgehead atoms. The van der Waals surface area contributed by atoms with Crippen molar-refractivity contribution in [1.82, 2.24) is 9.62 Å². The number of anilines is 1. The van der Waals surface area contributed by atoms with Gasteiger partial charge >= 0.3 is 6.18 Å². The zero-order chi connectivity index (χ0) is 23.6. The van der Waals surface area contributed by atoms with Crippen LogP contribution in [0.15, 0.2) is 41.3 Å². The van der Waals surface area contributed by atoms with Crippen LogP contribution in [0.25, 0.3) is 0 Å². The average molecular weight is 478 g/mol. The molecule has 0 aliphatic heterocycles. The molecule has 0 heterocycles. The van der Waals surface area contributed by atoms with Gasteiger partial charge in [0.05, 0.1) is 15.5 Å². The van der Waals surface area contributed by atoms with Gasteiger partial charge in [0.2, 0.25) is 10.0 Å². The molecule has 2 amide bonds. The van der Waals surface area contributed by atoms with Gasteiger partial charge in [0.1, 0.15) is 6.54 Å². The first-order chi connectivity index (χ1) is 14.2. The van der Waals surface area contributed by atoms with Crippen molar-refractivity contribution >= 4 is 39.1 Å². The van der Waals surface area contributed by atoms with Gasteiger partial charge in [-0.15, -0.1) is 0 Å². The van der Waals surface area contributed by atoms with Crippen LogP contribution in [0.3, 0.4) is 0 Å². The Morgan fingerprint density at radius 1 is 1.06 bits per heavy atom. The molecule has 12 heteroatoms. The fourth-order valence-electron chi connectivity index (χ4n) is 2.42. The Morgan fingerprint density at radius 3 is 2.29 bits per heavy atom. The molecule has 2 rings (SSSR count). The Labute approximate surface area is 182 Å². The van der Waals surface area contributed by atoms with E-state index in [1.807, 2.05) is 0 Å². The van der Waals surface area contributed by atoms with Gasteiger partial charge in [-0.1, -0.05) is 17.7 Å². The van der Waals surface area contributed by atoms with Crippen molar-refractivity contribution in [3.63, 3.8) is 0 Å². The number of nitrogens with zero attached hydrogens (tertiary/aromatic N) is 1. The predicted molar refractivity (Wildman–Crippen MR) is 110 cm³/mol. The molecule has 31 heavy (non-hydrogen) atoms. The maximum Gasteiger partial charge on any atom is 0.405 e. The molecule has 168 valence electrons. The first-order valence-corrected chi connectivity index (χ1v) is 10.5. The highest BCUT2D eigenvalue weighted by molar-refractivity contribution is 7.89. The van der Waals surface area contributed by atoms with Crippen LogP contribution >= 0.6 is 11.6 Å². The topological polar surface area (TPSA) is 95.6 Å². The van der Waals surface area contributed by atoms with Gasteiger partial charge in [-0.2, -0.15) is 13.2 Å². The van der Waals surface area contributed by atoms with E-state index in [-0.39, 0.29) is 26.7 Å². The molecule has 0 unspecified atom stereocenters. The third kappa shape index (κ3) is 6.18. The lowest BCUT2D eigenvalue weighted by molar-refractivity contribution is -0.123. The quantitative estimate of drug-likeness (QED) is 0.666.